The van der Waals surface area contributed by atoms with Crippen LogP contribution in [0.25, 0.3) is 44.2 Å². The Labute approximate surface area is 334 Å². The van der Waals surface area contributed by atoms with Crippen molar-refractivity contribution < 1.29 is 16.4 Å². The molecule has 0 fully saturated rings. The van der Waals surface area contributed by atoms with Gasteiger partial charge in [0.2, 0.25) is 0 Å². The molecule has 0 saturated heterocycles. The molecule has 0 aliphatic rings. The predicted octanol–water partition coefficient (Wildman–Crippen LogP) is 14.8. The Hall–Kier alpha value is -7.16. The zero-order valence-electron chi connectivity index (χ0n) is 40.9. The number of para-hydroxylation sites is 3. The first-order chi connectivity index (χ1) is 31.8. The van der Waals surface area contributed by atoms with Crippen LogP contribution in [-0.4, -0.2) is 0 Å². The molecule has 0 spiro atoms. The lowest BCUT2D eigenvalue weighted by Gasteiger charge is -2.26. The second-order valence-electron chi connectivity index (χ2n) is 12.4. The van der Waals surface area contributed by atoms with Crippen LogP contribution < -0.4 is 9.80 Å². The lowest BCUT2D eigenvalue weighted by atomic mass is 9.98. The normalized spacial score (nSPS) is 14.1. The highest BCUT2D eigenvalue weighted by Gasteiger charge is 2.15. The highest BCUT2D eigenvalue weighted by molar-refractivity contribution is 5.97. The maximum absolute atomic E-state index is 9.38. The Bertz CT molecular complexity index is 3200. The van der Waals surface area contributed by atoms with Gasteiger partial charge in [-0.2, -0.15) is 0 Å². The van der Waals surface area contributed by atoms with Crippen LogP contribution in [0.5, 0.6) is 0 Å². The van der Waals surface area contributed by atoms with Gasteiger partial charge in [0.05, 0.1) is 16.4 Å². The van der Waals surface area contributed by atoms with Gasteiger partial charge in [-0.25, -0.2) is 0 Å². The van der Waals surface area contributed by atoms with Crippen LogP contribution >= 0.6 is 0 Å². The SMILES string of the molecule is [2H]c1c([2H])c(-c2c([2H])c([2H])c(N(c3ccccc3)c3ccc(-c4cccc5ccccc45)cc3)c([2H])c2[2H])c([2H])c([2H])c1-c1c([2H])c([2H])c(N(c2ccccc2)c2ccccc2)c([2H])c1[2H]. The van der Waals surface area contributed by atoms with Gasteiger partial charge < -0.3 is 9.80 Å². The van der Waals surface area contributed by atoms with Gasteiger partial charge in [-0.1, -0.05) is 158 Å². The monoisotopic (exact) mass is 702 g/mol. The lowest BCUT2D eigenvalue weighted by Crippen LogP contribution is -2.09. The molecule has 0 aromatic heterocycles. The Balaban J connectivity index is 1.18. The third kappa shape index (κ3) is 6.65. The largest absolute Gasteiger partial charge is 0.311 e. The smallest absolute Gasteiger partial charge is 0.0645 e. The molecule has 9 aromatic rings. The minimum atomic E-state index is -0.736. The van der Waals surface area contributed by atoms with Crippen molar-refractivity contribution in [1.82, 2.24) is 0 Å². The molecular formula is C52H38N2. The third-order valence-electron chi connectivity index (χ3n) is 9.07. The standard InChI is InChI=1S/C52H38N2/c1-4-15-45(16-5-1)53(46-17-6-2-7-18-46)48-33-27-41(28-34-48)39-23-25-40(26-24-39)42-29-35-49(36-30-42)54(47-19-8-3-9-20-47)50-37-31-44(32-38-50)52-22-12-14-43-13-10-11-21-51(43)52/h1-38H/i23D,24D,25D,26D,27D,28D,29D,30D,33D,34D,35D,36D. The van der Waals surface area contributed by atoms with Gasteiger partial charge >= 0.3 is 0 Å². The molecule has 0 aliphatic heterocycles. The molecule has 0 atom stereocenters. The van der Waals surface area contributed by atoms with Crippen molar-refractivity contribution in [2.45, 2.75) is 0 Å². The molecule has 0 saturated carbocycles. The minimum Gasteiger partial charge on any atom is -0.311 e. The molecule has 2 nitrogen and oxygen atoms in total. The fourth-order valence-corrected chi connectivity index (χ4v) is 6.46. The molecule has 9 aromatic carbocycles. The number of benzene rings is 9. The van der Waals surface area contributed by atoms with E-state index >= 15 is 0 Å². The third-order valence-corrected chi connectivity index (χ3v) is 9.07. The van der Waals surface area contributed by atoms with Crippen LogP contribution in [0.3, 0.4) is 0 Å². The average molecular weight is 703 g/mol. The maximum Gasteiger partial charge on any atom is 0.0645 e. The summed E-state index contributed by atoms with van der Waals surface area (Å²) in [6.45, 7) is 0. The van der Waals surface area contributed by atoms with Gasteiger partial charge in [0.1, 0.15) is 0 Å². The summed E-state index contributed by atoms with van der Waals surface area (Å²) >= 11 is 0. The number of hydrogen-bond acceptors (Lipinski definition) is 2. The molecule has 0 radical (unpaired) electrons. The van der Waals surface area contributed by atoms with Crippen molar-refractivity contribution in [3.05, 3.63) is 230 Å². The van der Waals surface area contributed by atoms with Gasteiger partial charge in [-0.3, -0.25) is 0 Å². The second kappa shape index (κ2) is 14.8. The predicted molar refractivity (Wildman–Crippen MR) is 230 cm³/mol. The van der Waals surface area contributed by atoms with E-state index in [0.29, 0.717) is 22.7 Å². The van der Waals surface area contributed by atoms with Gasteiger partial charge in [0.25, 0.3) is 0 Å². The molecule has 54 heavy (non-hydrogen) atoms. The van der Waals surface area contributed by atoms with Crippen LogP contribution in [0.15, 0.2) is 230 Å². The van der Waals surface area contributed by atoms with E-state index in [1.807, 2.05) is 66.7 Å². The summed E-state index contributed by atoms with van der Waals surface area (Å²) in [4.78, 5) is 3.19. The van der Waals surface area contributed by atoms with Gasteiger partial charge in [0, 0.05) is 34.1 Å². The summed E-state index contributed by atoms with van der Waals surface area (Å²) < 4.78 is 111. The zero-order chi connectivity index (χ0) is 46.6. The quantitative estimate of drug-likeness (QED) is 0.148. The average Bonchev–Trinajstić information content (AvgIpc) is 3.35. The van der Waals surface area contributed by atoms with Crippen molar-refractivity contribution in [1.29, 1.82) is 0 Å². The second-order valence-corrected chi connectivity index (χ2v) is 12.4. The number of fused-ring (bicyclic) bond motifs is 1. The van der Waals surface area contributed by atoms with E-state index in [0.717, 1.165) is 21.9 Å². The number of rotatable bonds is 9. The summed E-state index contributed by atoms with van der Waals surface area (Å²) in [5.41, 5.74) is 2.00. The maximum atomic E-state index is 9.38. The highest BCUT2D eigenvalue weighted by Crippen LogP contribution is 2.39. The fourth-order valence-electron chi connectivity index (χ4n) is 6.46. The molecule has 0 unspecified atom stereocenters. The summed E-state index contributed by atoms with van der Waals surface area (Å²) in [5.74, 6) is 0. The van der Waals surface area contributed by atoms with E-state index in [4.69, 9.17) is 0 Å². The highest BCUT2D eigenvalue weighted by atomic mass is 15.1. The summed E-state index contributed by atoms with van der Waals surface area (Å²) in [5, 5.41) is 2.15. The van der Waals surface area contributed by atoms with Crippen LogP contribution in [0.2, 0.25) is 0 Å². The molecule has 0 N–H and O–H groups in total. The Morgan fingerprint density at radius 3 is 1.06 bits per heavy atom. The molecule has 2 heteroatoms. The van der Waals surface area contributed by atoms with E-state index < -0.39 is 94.8 Å². The molecule has 0 aliphatic carbocycles. The summed E-state index contributed by atoms with van der Waals surface area (Å²) in [6, 6.07) is 41.0. The van der Waals surface area contributed by atoms with E-state index in [1.165, 1.54) is 0 Å². The van der Waals surface area contributed by atoms with Gasteiger partial charge in [-0.15, -0.1) is 0 Å². The van der Waals surface area contributed by atoms with Crippen molar-refractivity contribution in [2.24, 2.45) is 0 Å². The molecule has 256 valence electrons. The number of nitrogens with zero attached hydrogens (tertiary/aromatic N) is 2. The van der Waals surface area contributed by atoms with E-state index in [1.54, 1.807) is 94.7 Å². The number of hydrogen-bond donors (Lipinski definition) is 0. The Morgan fingerprint density at radius 1 is 0.259 bits per heavy atom. The summed E-state index contributed by atoms with van der Waals surface area (Å²) in [7, 11) is 0. The first kappa shape index (κ1) is 22.0. The lowest BCUT2D eigenvalue weighted by molar-refractivity contribution is 1.28. The van der Waals surface area contributed by atoms with Crippen LogP contribution in [0.4, 0.5) is 34.1 Å². The van der Waals surface area contributed by atoms with Crippen molar-refractivity contribution in [3.8, 4) is 33.4 Å². The Morgan fingerprint density at radius 2 is 0.611 bits per heavy atom. The van der Waals surface area contributed by atoms with Crippen molar-refractivity contribution >= 4 is 44.9 Å². The topological polar surface area (TPSA) is 6.48 Å². The van der Waals surface area contributed by atoms with Crippen molar-refractivity contribution in [2.75, 3.05) is 9.80 Å². The molecule has 0 bridgehead atoms. The van der Waals surface area contributed by atoms with E-state index in [9.17, 15) is 16.4 Å². The van der Waals surface area contributed by atoms with Gasteiger partial charge in [-0.05, 0) is 117 Å². The van der Waals surface area contributed by atoms with Crippen LogP contribution in [0.1, 0.15) is 16.4 Å². The van der Waals surface area contributed by atoms with Crippen LogP contribution in [-0.2, 0) is 0 Å². The fraction of sp³-hybridized carbons (Fsp3) is 0. The molecular weight excluding hydrogens is 653 g/mol. The molecule has 0 amide bonds. The van der Waals surface area contributed by atoms with Gasteiger partial charge in [0.15, 0.2) is 0 Å². The van der Waals surface area contributed by atoms with E-state index in [-0.39, 0.29) is 11.4 Å². The van der Waals surface area contributed by atoms with Crippen LogP contribution in [0, 0.1) is 0 Å². The Kier molecular flexibility index (Phi) is 6.05. The zero-order valence-corrected chi connectivity index (χ0v) is 28.9. The molecule has 9 rings (SSSR count). The summed E-state index contributed by atoms with van der Waals surface area (Å²) in [6.07, 6.45) is 0. The van der Waals surface area contributed by atoms with Crippen molar-refractivity contribution in [3.63, 3.8) is 0 Å². The van der Waals surface area contributed by atoms with E-state index in [2.05, 4.69) is 6.07 Å². The first-order valence-electron chi connectivity index (χ1n) is 23.5. The first-order valence-corrected chi connectivity index (χ1v) is 17.5. The minimum absolute atomic E-state index is 0.0907. The number of anilines is 6. The molecule has 0 heterocycles.